The molecule has 5 rings (SSSR count). The molecule has 1 saturated heterocycles. The first-order chi connectivity index (χ1) is 11.6. The molecule has 1 aliphatic heterocycles. The molecular weight excluding hydrogens is 298 g/mol. The van der Waals surface area contributed by atoms with Crippen LogP contribution in [0.15, 0.2) is 0 Å². The Kier molecular flexibility index (Phi) is 4.88. The average Bonchev–Trinajstić information content (AvgIpc) is 2.98. The second-order valence-corrected chi connectivity index (χ2v) is 9.32. The molecule has 1 heterocycles. The fraction of sp³-hybridized carbons (Fsp3) is 0.950. The predicted octanol–water partition coefficient (Wildman–Crippen LogP) is 2.34. The van der Waals surface area contributed by atoms with Crippen LogP contribution in [0.2, 0.25) is 0 Å². The van der Waals surface area contributed by atoms with E-state index in [9.17, 15) is 4.79 Å². The Labute approximate surface area is 147 Å². The third-order valence-electron chi connectivity index (χ3n) is 7.25. The summed E-state index contributed by atoms with van der Waals surface area (Å²) in [5.41, 5.74) is 0. The molecule has 4 nitrogen and oxygen atoms in total. The Morgan fingerprint density at radius 3 is 2.38 bits per heavy atom. The van der Waals surface area contributed by atoms with E-state index in [1.165, 1.54) is 38.5 Å². The van der Waals surface area contributed by atoms with Crippen molar-refractivity contribution in [2.24, 2.45) is 23.7 Å². The maximum Gasteiger partial charge on any atom is 0.237 e. The molecule has 0 aromatic heterocycles. The summed E-state index contributed by atoms with van der Waals surface area (Å²) in [4.78, 5) is 17.7. The second kappa shape index (κ2) is 6.95. The Morgan fingerprint density at radius 2 is 1.75 bits per heavy atom. The summed E-state index contributed by atoms with van der Waals surface area (Å²) in [6, 6.07) is 0.638. The van der Waals surface area contributed by atoms with Gasteiger partial charge in [0, 0.05) is 12.6 Å². The zero-order valence-corrected chi connectivity index (χ0v) is 15.5. The smallest absolute Gasteiger partial charge is 0.237 e. The molecule has 136 valence electrons. The number of amides is 1. The first-order valence-corrected chi connectivity index (χ1v) is 10.3. The predicted molar refractivity (Wildman–Crippen MR) is 96.7 cm³/mol. The van der Waals surface area contributed by atoms with Gasteiger partial charge in [0.05, 0.1) is 6.04 Å². The molecule has 24 heavy (non-hydrogen) atoms. The second-order valence-electron chi connectivity index (χ2n) is 9.32. The molecule has 4 heteroatoms. The van der Waals surface area contributed by atoms with Crippen molar-refractivity contribution in [2.45, 2.75) is 63.5 Å². The quantitative estimate of drug-likeness (QED) is 0.810. The van der Waals surface area contributed by atoms with E-state index in [-0.39, 0.29) is 6.04 Å². The van der Waals surface area contributed by atoms with Crippen LogP contribution in [0.25, 0.3) is 0 Å². The average molecular weight is 334 g/mol. The highest BCUT2D eigenvalue weighted by Gasteiger charge is 2.49. The number of hydrogen-bond acceptors (Lipinski definition) is 3. The molecule has 5 fully saturated rings. The number of carbonyl (C=O) groups is 1. The summed E-state index contributed by atoms with van der Waals surface area (Å²) in [7, 11) is 4.25. The highest BCUT2D eigenvalue weighted by atomic mass is 16.2. The lowest BCUT2D eigenvalue weighted by molar-refractivity contribution is -0.129. The van der Waals surface area contributed by atoms with E-state index in [1.54, 1.807) is 0 Å². The van der Waals surface area contributed by atoms with Crippen LogP contribution in [0.5, 0.6) is 0 Å². The van der Waals surface area contributed by atoms with Crippen molar-refractivity contribution in [3.8, 4) is 0 Å². The Hall–Kier alpha value is -0.610. The van der Waals surface area contributed by atoms with Gasteiger partial charge in [0.25, 0.3) is 0 Å². The van der Waals surface area contributed by atoms with Crippen molar-refractivity contribution in [1.82, 2.24) is 15.1 Å². The summed E-state index contributed by atoms with van der Waals surface area (Å²) >= 11 is 0. The molecule has 0 spiro atoms. The normalized spacial score (nSPS) is 41.3. The summed E-state index contributed by atoms with van der Waals surface area (Å²) < 4.78 is 0. The zero-order valence-electron chi connectivity index (χ0n) is 15.5. The molecule has 1 amide bonds. The monoisotopic (exact) mass is 333 g/mol. The minimum absolute atomic E-state index is 0.143. The Bertz CT molecular complexity index is 436. The number of carbonyl (C=O) groups excluding carboxylic acids is 1. The van der Waals surface area contributed by atoms with Crippen molar-refractivity contribution in [2.75, 3.05) is 33.7 Å². The van der Waals surface area contributed by atoms with Crippen LogP contribution in [-0.4, -0.2) is 61.5 Å². The molecule has 0 aromatic rings. The minimum Gasteiger partial charge on any atom is -0.351 e. The summed E-state index contributed by atoms with van der Waals surface area (Å²) in [6.45, 7) is 3.28. The number of likely N-dealkylation sites (tertiary alicyclic amines) is 1. The lowest BCUT2D eigenvalue weighted by Crippen LogP contribution is -2.58. The summed E-state index contributed by atoms with van der Waals surface area (Å²) in [6.07, 6.45) is 10.4. The van der Waals surface area contributed by atoms with Crippen molar-refractivity contribution in [1.29, 1.82) is 0 Å². The standard InChI is InChI=1S/C20H35N3O/c1-22(2)6-4-8-23-7-3-5-18(23)20(24)21-19-16-10-14-9-15(12-16)13-17(19)11-14/h14-19H,3-13H2,1-2H3,(H,21,24)/t14?,15?,16?,17?,18-,19?/m1/s1. The molecule has 5 aliphatic rings. The fourth-order valence-corrected chi connectivity index (χ4v) is 6.40. The SMILES string of the molecule is CN(C)CCCN1CCC[C@@H]1C(=O)NC1C2CC3CC(C2)CC1C3. The van der Waals surface area contributed by atoms with Gasteiger partial charge in [0.1, 0.15) is 0 Å². The first kappa shape index (κ1) is 16.8. The molecule has 0 unspecified atom stereocenters. The van der Waals surface area contributed by atoms with Gasteiger partial charge in [-0.1, -0.05) is 0 Å². The van der Waals surface area contributed by atoms with E-state index in [2.05, 4.69) is 29.2 Å². The number of rotatable bonds is 6. The first-order valence-electron chi connectivity index (χ1n) is 10.3. The van der Waals surface area contributed by atoms with Crippen molar-refractivity contribution < 1.29 is 4.79 Å². The van der Waals surface area contributed by atoms with Gasteiger partial charge in [-0.25, -0.2) is 0 Å². The topological polar surface area (TPSA) is 35.6 Å². The molecule has 0 aromatic carbocycles. The van der Waals surface area contributed by atoms with Gasteiger partial charge >= 0.3 is 0 Å². The maximum atomic E-state index is 13.0. The van der Waals surface area contributed by atoms with E-state index >= 15 is 0 Å². The fourth-order valence-electron chi connectivity index (χ4n) is 6.40. The van der Waals surface area contributed by atoms with Crippen LogP contribution in [0, 0.1) is 23.7 Å². The third kappa shape index (κ3) is 3.37. The van der Waals surface area contributed by atoms with Gasteiger partial charge in [0.15, 0.2) is 0 Å². The Morgan fingerprint density at radius 1 is 1.08 bits per heavy atom. The van der Waals surface area contributed by atoms with Crippen molar-refractivity contribution >= 4 is 5.91 Å². The highest BCUT2D eigenvalue weighted by molar-refractivity contribution is 5.82. The zero-order chi connectivity index (χ0) is 16.7. The van der Waals surface area contributed by atoms with Crippen LogP contribution in [-0.2, 0) is 4.79 Å². The number of hydrogen-bond donors (Lipinski definition) is 1. The van der Waals surface area contributed by atoms with Crippen molar-refractivity contribution in [3.05, 3.63) is 0 Å². The van der Waals surface area contributed by atoms with Gasteiger partial charge < -0.3 is 10.2 Å². The molecule has 1 atom stereocenters. The summed E-state index contributed by atoms with van der Waals surface area (Å²) in [5, 5.41) is 3.54. The van der Waals surface area contributed by atoms with Crippen LogP contribution >= 0.6 is 0 Å². The van der Waals surface area contributed by atoms with Gasteiger partial charge in [-0.15, -0.1) is 0 Å². The van der Waals surface area contributed by atoms with Crippen LogP contribution in [0.1, 0.15) is 51.4 Å². The highest BCUT2D eigenvalue weighted by Crippen LogP contribution is 2.53. The number of nitrogens with zero attached hydrogens (tertiary/aromatic N) is 2. The maximum absolute atomic E-state index is 13.0. The van der Waals surface area contributed by atoms with E-state index in [0.29, 0.717) is 11.9 Å². The Balaban J connectivity index is 1.32. The summed E-state index contributed by atoms with van der Waals surface area (Å²) in [5.74, 6) is 3.88. The lowest BCUT2D eigenvalue weighted by atomic mass is 9.54. The minimum atomic E-state index is 0.143. The van der Waals surface area contributed by atoms with E-state index in [0.717, 1.165) is 56.1 Å². The van der Waals surface area contributed by atoms with Crippen LogP contribution < -0.4 is 5.32 Å². The molecule has 1 N–H and O–H groups in total. The van der Waals surface area contributed by atoms with E-state index in [4.69, 9.17) is 0 Å². The van der Waals surface area contributed by atoms with Gasteiger partial charge in [-0.05, 0) is 102 Å². The van der Waals surface area contributed by atoms with Crippen LogP contribution in [0.3, 0.4) is 0 Å². The van der Waals surface area contributed by atoms with Crippen LogP contribution in [0.4, 0.5) is 0 Å². The van der Waals surface area contributed by atoms with E-state index < -0.39 is 0 Å². The number of nitrogens with one attached hydrogen (secondary N) is 1. The van der Waals surface area contributed by atoms with Gasteiger partial charge in [-0.3, -0.25) is 9.69 Å². The molecule has 4 saturated carbocycles. The largest absolute Gasteiger partial charge is 0.351 e. The lowest BCUT2D eigenvalue weighted by Gasteiger charge is -2.54. The van der Waals surface area contributed by atoms with Gasteiger partial charge in [0.2, 0.25) is 5.91 Å². The molecule has 4 aliphatic carbocycles. The molecule has 0 radical (unpaired) electrons. The molecular formula is C20H35N3O. The van der Waals surface area contributed by atoms with Crippen molar-refractivity contribution in [3.63, 3.8) is 0 Å². The third-order valence-corrected chi connectivity index (χ3v) is 7.25. The van der Waals surface area contributed by atoms with E-state index in [1.807, 2.05) is 0 Å². The van der Waals surface area contributed by atoms with Gasteiger partial charge in [-0.2, -0.15) is 0 Å². The molecule has 4 bridgehead atoms.